The summed E-state index contributed by atoms with van der Waals surface area (Å²) in [5.41, 5.74) is 0. The Hall–Kier alpha value is -1.31. The van der Waals surface area contributed by atoms with E-state index in [2.05, 4.69) is 17.0 Å². The molecule has 0 unspecified atom stereocenters. The van der Waals surface area contributed by atoms with Crippen molar-refractivity contribution in [1.29, 1.82) is 0 Å². The van der Waals surface area contributed by atoms with Crippen molar-refractivity contribution < 1.29 is 18.9 Å². The van der Waals surface area contributed by atoms with Gasteiger partial charge in [-0.3, -0.25) is 0 Å². The van der Waals surface area contributed by atoms with Crippen molar-refractivity contribution in [3.63, 3.8) is 0 Å². The lowest BCUT2D eigenvalue weighted by molar-refractivity contribution is -0.216. The quantitative estimate of drug-likeness (QED) is 0.556. The van der Waals surface area contributed by atoms with Crippen LogP contribution in [0.5, 0.6) is 0 Å². The van der Waals surface area contributed by atoms with Crippen LogP contribution in [-0.2, 0) is 18.9 Å². The molecule has 4 atom stereocenters. The van der Waals surface area contributed by atoms with Gasteiger partial charge in [0, 0.05) is 5.01 Å². The van der Waals surface area contributed by atoms with Crippen LogP contribution in [0.25, 0.3) is 5.01 Å². The van der Waals surface area contributed by atoms with Crippen LogP contribution in [0.1, 0.15) is 20.3 Å². The summed E-state index contributed by atoms with van der Waals surface area (Å²) >= 11 is 0. The second kappa shape index (κ2) is 5.13. The van der Waals surface area contributed by atoms with E-state index in [9.17, 15) is 5.21 Å². The molecule has 0 aliphatic carbocycles. The number of rotatable bonds is 3. The standard InChI is InChI=1S/C12H15NO5/c1-4-7-15-9-8(5-6-13-14)16-11-10(9)17-12(2,3)18-11/h1,8-11H,5,7H2,2-3H3/t8-,9+,10-,11-/m1/s1. The first-order valence-electron chi connectivity index (χ1n) is 5.69. The van der Waals surface area contributed by atoms with Crippen molar-refractivity contribution in [2.24, 2.45) is 0 Å². The fourth-order valence-corrected chi connectivity index (χ4v) is 2.18. The minimum atomic E-state index is -0.714. The molecule has 2 aliphatic rings. The molecule has 0 aromatic carbocycles. The lowest BCUT2D eigenvalue weighted by Crippen LogP contribution is -2.36. The molecule has 6 nitrogen and oxygen atoms in total. The Kier molecular flexibility index (Phi) is 3.74. The molecule has 0 saturated carbocycles. The highest BCUT2D eigenvalue weighted by atomic mass is 16.8. The molecule has 0 N–H and O–H groups in total. The first kappa shape index (κ1) is 13.1. The molecule has 6 heteroatoms. The van der Waals surface area contributed by atoms with E-state index in [4.69, 9.17) is 25.4 Å². The lowest BCUT2D eigenvalue weighted by atomic mass is 10.1. The maximum Gasteiger partial charge on any atom is 0.301 e. The summed E-state index contributed by atoms with van der Waals surface area (Å²) in [5.74, 6) is 1.68. The summed E-state index contributed by atoms with van der Waals surface area (Å²) in [5, 5.41) is 12.7. The van der Waals surface area contributed by atoms with Crippen molar-refractivity contribution in [2.45, 2.75) is 50.7 Å². The number of fused-ring (bicyclic) bond motifs is 1. The monoisotopic (exact) mass is 253 g/mol. The van der Waals surface area contributed by atoms with E-state index >= 15 is 0 Å². The zero-order valence-electron chi connectivity index (χ0n) is 10.3. The van der Waals surface area contributed by atoms with Crippen molar-refractivity contribution in [3.05, 3.63) is 10.2 Å². The molecular weight excluding hydrogens is 238 g/mol. The molecule has 0 bridgehead atoms. The van der Waals surface area contributed by atoms with Crippen molar-refractivity contribution in [2.75, 3.05) is 6.61 Å². The van der Waals surface area contributed by atoms with Gasteiger partial charge in [-0.05, 0) is 13.8 Å². The largest absolute Gasteiger partial charge is 0.498 e. The Morgan fingerprint density at radius 2 is 2.22 bits per heavy atom. The molecule has 2 aliphatic heterocycles. The Balaban J connectivity index is 2.06. The van der Waals surface area contributed by atoms with Crippen LogP contribution in [0.2, 0.25) is 0 Å². The predicted octanol–water partition coefficient (Wildman–Crippen LogP) is 1.10. The maximum absolute atomic E-state index is 10.1. The molecule has 98 valence electrons. The summed E-state index contributed by atoms with van der Waals surface area (Å²) in [7, 11) is 0. The van der Waals surface area contributed by atoms with Gasteiger partial charge in [0.1, 0.15) is 31.3 Å². The van der Waals surface area contributed by atoms with Crippen molar-refractivity contribution >= 4 is 0 Å². The summed E-state index contributed by atoms with van der Waals surface area (Å²) in [6, 6.07) is 2.31. The molecule has 18 heavy (non-hydrogen) atoms. The maximum atomic E-state index is 10.1. The molecule has 0 aromatic rings. The molecule has 0 amide bonds. The first-order valence-corrected chi connectivity index (χ1v) is 5.69. The van der Waals surface area contributed by atoms with Crippen molar-refractivity contribution in [3.8, 4) is 18.4 Å². The first-order chi connectivity index (χ1) is 8.57. The molecule has 0 spiro atoms. The van der Waals surface area contributed by atoms with Crippen LogP contribution in [0, 0.1) is 23.6 Å². The third-order valence-corrected chi connectivity index (χ3v) is 2.80. The summed E-state index contributed by atoms with van der Waals surface area (Å²) in [6.07, 6.45) is 3.75. The molecule has 2 heterocycles. The SMILES string of the molecule is C#CCO[C@@H]1[C@H]2OC(C)(C)O[C@H]2O[C@@H]1CC#[N+][O-]. The van der Waals surface area contributed by atoms with E-state index in [1.807, 2.05) is 0 Å². The highest BCUT2D eigenvalue weighted by Gasteiger charge is 2.55. The molecule has 0 radical (unpaired) electrons. The van der Waals surface area contributed by atoms with Gasteiger partial charge >= 0.3 is 6.07 Å². The Labute approximate surface area is 106 Å². The average molecular weight is 253 g/mol. The van der Waals surface area contributed by atoms with E-state index in [0.717, 1.165) is 0 Å². The zero-order valence-corrected chi connectivity index (χ0v) is 10.3. The Bertz CT molecular complexity index is 405. The van der Waals surface area contributed by atoms with Crippen LogP contribution < -0.4 is 0 Å². The lowest BCUT2D eigenvalue weighted by Gasteiger charge is -2.23. The molecule has 0 aromatic heterocycles. The van der Waals surface area contributed by atoms with Crippen LogP contribution in [0.3, 0.4) is 0 Å². The van der Waals surface area contributed by atoms with Gasteiger partial charge < -0.3 is 24.2 Å². The summed E-state index contributed by atoms with van der Waals surface area (Å²) in [6.45, 7) is 3.74. The van der Waals surface area contributed by atoms with Gasteiger partial charge in [-0.1, -0.05) is 5.92 Å². The highest BCUT2D eigenvalue weighted by molar-refractivity contribution is 5.01. The number of hydrogen-bond donors (Lipinski definition) is 0. The van der Waals surface area contributed by atoms with Gasteiger partial charge in [-0.2, -0.15) is 0 Å². The van der Waals surface area contributed by atoms with Gasteiger partial charge in [-0.15, -0.1) is 6.42 Å². The van der Waals surface area contributed by atoms with E-state index in [1.54, 1.807) is 13.8 Å². The van der Waals surface area contributed by atoms with Crippen LogP contribution >= 0.6 is 0 Å². The summed E-state index contributed by atoms with van der Waals surface area (Å²) in [4.78, 5) is 0. The highest BCUT2D eigenvalue weighted by Crippen LogP contribution is 2.39. The van der Waals surface area contributed by atoms with E-state index in [1.165, 1.54) is 0 Å². The number of ether oxygens (including phenoxy) is 4. The third kappa shape index (κ3) is 2.58. The smallest absolute Gasteiger partial charge is 0.301 e. The second-order valence-electron chi connectivity index (χ2n) is 4.58. The van der Waals surface area contributed by atoms with Gasteiger partial charge in [0.05, 0.1) is 0 Å². The third-order valence-electron chi connectivity index (χ3n) is 2.80. The topological polar surface area (TPSA) is 64.3 Å². The van der Waals surface area contributed by atoms with Gasteiger partial charge in [-0.25, -0.2) is 0 Å². The van der Waals surface area contributed by atoms with Crippen LogP contribution in [0.4, 0.5) is 0 Å². The molecule has 2 saturated heterocycles. The van der Waals surface area contributed by atoms with Crippen LogP contribution in [0.15, 0.2) is 0 Å². The second-order valence-corrected chi connectivity index (χ2v) is 4.58. The van der Waals surface area contributed by atoms with E-state index < -0.39 is 12.1 Å². The Morgan fingerprint density at radius 1 is 1.44 bits per heavy atom. The normalized spacial score (nSPS) is 36.5. The van der Waals surface area contributed by atoms with Crippen molar-refractivity contribution in [1.82, 2.24) is 0 Å². The number of hydrogen-bond acceptors (Lipinski definition) is 5. The average Bonchev–Trinajstić information content (AvgIpc) is 2.76. The molecule has 2 fully saturated rings. The zero-order chi connectivity index (χ0) is 13.2. The summed E-state index contributed by atoms with van der Waals surface area (Å²) < 4.78 is 22.4. The number of nitrogens with zero attached hydrogens (tertiary/aromatic N) is 1. The van der Waals surface area contributed by atoms with Gasteiger partial charge in [0.15, 0.2) is 12.1 Å². The molecule has 2 rings (SSSR count). The Morgan fingerprint density at radius 3 is 2.89 bits per heavy atom. The minimum absolute atomic E-state index is 0.145. The predicted molar refractivity (Wildman–Crippen MR) is 62.5 cm³/mol. The fourth-order valence-electron chi connectivity index (χ4n) is 2.18. The van der Waals surface area contributed by atoms with Gasteiger partial charge in [0.25, 0.3) is 0 Å². The minimum Gasteiger partial charge on any atom is -0.498 e. The molecular formula is C12H15NO5. The van der Waals surface area contributed by atoms with Gasteiger partial charge in [0.2, 0.25) is 0 Å². The van der Waals surface area contributed by atoms with E-state index in [-0.39, 0.29) is 31.3 Å². The number of terminal acetylenes is 1. The van der Waals surface area contributed by atoms with Crippen LogP contribution in [-0.4, -0.2) is 37.0 Å². The van der Waals surface area contributed by atoms with E-state index in [0.29, 0.717) is 0 Å². The fraction of sp³-hybridized carbons (Fsp3) is 0.750.